The smallest absolute Gasteiger partial charge is 0.330 e. The average molecular weight is 679 g/mol. The number of nitrogens with one attached hydrogen (secondary N) is 1. The maximum absolute atomic E-state index is 14.4. The van der Waals surface area contributed by atoms with Crippen LogP contribution >= 0.6 is 15.9 Å². The Bertz CT molecular complexity index is 1940. The van der Waals surface area contributed by atoms with Crippen LogP contribution in [-0.2, 0) is 24.4 Å². The molecule has 45 heavy (non-hydrogen) atoms. The third-order valence-corrected chi connectivity index (χ3v) is 9.21. The minimum absolute atomic E-state index is 0.0463. The molecule has 1 N–H and O–H groups in total. The molecule has 4 heterocycles. The molecule has 230 valence electrons. The fraction of sp³-hybridized carbons (Fsp3) is 0.250. The van der Waals surface area contributed by atoms with Crippen molar-refractivity contribution in [1.29, 1.82) is 0 Å². The fourth-order valence-electron chi connectivity index (χ4n) is 6.26. The van der Waals surface area contributed by atoms with Gasteiger partial charge in [0.05, 0.1) is 29.0 Å². The van der Waals surface area contributed by atoms with E-state index in [1.54, 1.807) is 23.6 Å². The van der Waals surface area contributed by atoms with Crippen molar-refractivity contribution in [2.24, 2.45) is 7.05 Å². The maximum atomic E-state index is 14.4. The van der Waals surface area contributed by atoms with Crippen LogP contribution in [0, 0.1) is 0 Å². The summed E-state index contributed by atoms with van der Waals surface area (Å²) in [5, 5.41) is 10.2. The van der Waals surface area contributed by atoms with Crippen LogP contribution in [0.1, 0.15) is 34.8 Å². The molecular formula is C32H27BrF3N7O2. The molecule has 1 atom stereocenters. The lowest BCUT2D eigenvalue weighted by atomic mass is 9.93. The Labute approximate surface area is 264 Å². The summed E-state index contributed by atoms with van der Waals surface area (Å²) in [7, 11) is 1.80. The zero-order valence-electron chi connectivity index (χ0n) is 24.3. The summed E-state index contributed by atoms with van der Waals surface area (Å²) in [6, 6.07) is 18.6. The number of carbonyl (C=O) groups is 2. The van der Waals surface area contributed by atoms with E-state index in [0.29, 0.717) is 41.3 Å². The zero-order chi connectivity index (χ0) is 31.6. The number of benzene rings is 3. The van der Waals surface area contributed by atoms with E-state index in [1.807, 2.05) is 53.5 Å². The van der Waals surface area contributed by atoms with Gasteiger partial charge in [-0.25, -0.2) is 10.1 Å². The van der Waals surface area contributed by atoms with E-state index in [1.165, 1.54) is 17.0 Å². The van der Waals surface area contributed by atoms with Crippen LogP contribution in [0.2, 0.25) is 0 Å². The predicted molar refractivity (Wildman–Crippen MR) is 164 cm³/mol. The summed E-state index contributed by atoms with van der Waals surface area (Å²) >= 11 is 2.95. The molecule has 0 saturated carbocycles. The largest absolute Gasteiger partial charge is 0.417 e. The lowest BCUT2D eigenvalue weighted by molar-refractivity contribution is -0.138. The van der Waals surface area contributed by atoms with Crippen molar-refractivity contribution in [1.82, 2.24) is 30.3 Å². The number of alkyl halides is 3. The number of hydrazine groups is 1. The van der Waals surface area contributed by atoms with Crippen LogP contribution < -0.4 is 10.3 Å². The van der Waals surface area contributed by atoms with Crippen molar-refractivity contribution >= 4 is 44.5 Å². The number of halogens is 4. The molecule has 0 aliphatic carbocycles. The number of anilines is 1. The lowest BCUT2D eigenvalue weighted by Crippen LogP contribution is -2.55. The number of aryl methyl sites for hydroxylation is 1. The van der Waals surface area contributed by atoms with Gasteiger partial charge >= 0.3 is 6.18 Å². The van der Waals surface area contributed by atoms with Gasteiger partial charge in [-0.1, -0.05) is 51.5 Å². The number of hydrogen-bond acceptors (Lipinski definition) is 6. The molecule has 1 aromatic heterocycles. The second-order valence-electron chi connectivity index (χ2n) is 11.4. The van der Waals surface area contributed by atoms with Crippen molar-refractivity contribution in [3.63, 3.8) is 0 Å². The summed E-state index contributed by atoms with van der Waals surface area (Å²) < 4.78 is 42.5. The first kappa shape index (κ1) is 29.2. The van der Waals surface area contributed by atoms with Gasteiger partial charge in [0, 0.05) is 35.2 Å². The summed E-state index contributed by atoms with van der Waals surface area (Å²) in [6.07, 6.45) is -3.82. The maximum Gasteiger partial charge on any atom is 0.417 e. The van der Waals surface area contributed by atoms with E-state index in [4.69, 9.17) is 0 Å². The van der Waals surface area contributed by atoms with Crippen LogP contribution in [0.4, 0.5) is 18.9 Å². The van der Waals surface area contributed by atoms with Gasteiger partial charge in [-0.2, -0.15) is 13.2 Å². The first-order valence-corrected chi connectivity index (χ1v) is 15.1. The van der Waals surface area contributed by atoms with E-state index < -0.39 is 23.7 Å². The topological polar surface area (TPSA) is 86.6 Å². The first-order chi connectivity index (χ1) is 21.5. The van der Waals surface area contributed by atoms with Crippen LogP contribution in [0.25, 0.3) is 11.0 Å². The monoisotopic (exact) mass is 677 g/mol. The quantitative estimate of drug-likeness (QED) is 0.305. The number of carbonyl (C=O) groups excluding carboxylic acids is 2. The van der Waals surface area contributed by atoms with Crippen LogP contribution in [0.15, 0.2) is 93.9 Å². The van der Waals surface area contributed by atoms with Gasteiger partial charge in [-0.15, -0.1) is 5.10 Å². The summed E-state index contributed by atoms with van der Waals surface area (Å²) in [6.45, 7) is 2.31. The SMILES string of the molecule is CC1CC2=C(CN1C(=O)c1ccc(Br)c(C(F)(F)F)c1)N1NCC(Cc3ccccc3)=C1N(c1ccc3c(c1)nnn3C)C2=O. The number of aromatic nitrogens is 3. The lowest BCUT2D eigenvalue weighted by Gasteiger charge is -2.45. The average Bonchev–Trinajstić information content (AvgIpc) is 3.60. The molecule has 1 unspecified atom stereocenters. The predicted octanol–water partition coefficient (Wildman–Crippen LogP) is 5.56. The highest BCUT2D eigenvalue weighted by Gasteiger charge is 2.45. The highest BCUT2D eigenvalue weighted by molar-refractivity contribution is 9.10. The molecule has 3 aliphatic heterocycles. The standard InChI is InChI=1S/C32H27BrF3N7O2/c1-18-12-23-28(17-41(18)30(44)20-8-10-25(33)24(14-20)32(34,35)36)43-29(21(16-37-43)13-19-6-4-3-5-7-19)42(31(23)45)22-9-11-27-26(15-22)38-39-40(27)2/h3-11,14-15,18,37H,12-13,16-17H2,1-2H3. The molecule has 4 aromatic rings. The minimum Gasteiger partial charge on any atom is -0.330 e. The fourth-order valence-corrected chi connectivity index (χ4v) is 6.73. The second-order valence-corrected chi connectivity index (χ2v) is 12.2. The molecule has 0 fully saturated rings. The Hall–Kier alpha value is -4.49. The number of hydrogen-bond donors (Lipinski definition) is 1. The van der Waals surface area contributed by atoms with Crippen molar-refractivity contribution in [3.05, 3.63) is 111 Å². The van der Waals surface area contributed by atoms with Gasteiger partial charge in [0.25, 0.3) is 11.8 Å². The van der Waals surface area contributed by atoms with Crippen LogP contribution in [0.3, 0.4) is 0 Å². The molecule has 9 nitrogen and oxygen atoms in total. The molecule has 0 radical (unpaired) electrons. The normalized spacial score (nSPS) is 18.7. The molecular weight excluding hydrogens is 651 g/mol. The second kappa shape index (κ2) is 10.8. The van der Waals surface area contributed by atoms with Crippen molar-refractivity contribution in [3.8, 4) is 0 Å². The van der Waals surface area contributed by atoms with E-state index in [2.05, 4.69) is 31.7 Å². The van der Waals surface area contributed by atoms with E-state index in [9.17, 15) is 22.8 Å². The highest BCUT2D eigenvalue weighted by Crippen LogP contribution is 2.42. The van der Waals surface area contributed by atoms with Crippen LogP contribution in [0.5, 0.6) is 0 Å². The zero-order valence-corrected chi connectivity index (χ0v) is 25.9. The van der Waals surface area contributed by atoms with Crippen molar-refractivity contribution in [2.45, 2.75) is 32.0 Å². The summed E-state index contributed by atoms with van der Waals surface area (Å²) in [4.78, 5) is 31.4. The van der Waals surface area contributed by atoms with E-state index in [0.717, 1.165) is 22.7 Å². The van der Waals surface area contributed by atoms with E-state index in [-0.39, 0.29) is 28.9 Å². The number of amides is 2. The molecule has 7 rings (SSSR count). The van der Waals surface area contributed by atoms with Gasteiger partial charge in [0.1, 0.15) is 11.3 Å². The third kappa shape index (κ3) is 4.99. The van der Waals surface area contributed by atoms with Crippen molar-refractivity contribution in [2.75, 3.05) is 18.0 Å². The minimum atomic E-state index is -4.62. The summed E-state index contributed by atoms with van der Waals surface area (Å²) in [5.41, 5.74) is 7.72. The number of nitrogens with zero attached hydrogens (tertiary/aromatic N) is 6. The molecule has 0 saturated heterocycles. The Kier molecular flexibility index (Phi) is 7.04. The Morgan fingerprint density at radius 3 is 2.62 bits per heavy atom. The Balaban J connectivity index is 1.30. The van der Waals surface area contributed by atoms with Gasteiger partial charge in [-0.3, -0.25) is 19.5 Å². The number of fused-ring (bicyclic) bond motifs is 3. The summed E-state index contributed by atoms with van der Waals surface area (Å²) in [5.74, 6) is -0.101. The van der Waals surface area contributed by atoms with Gasteiger partial charge in [0.15, 0.2) is 0 Å². The third-order valence-electron chi connectivity index (χ3n) is 8.51. The Morgan fingerprint density at radius 2 is 1.87 bits per heavy atom. The Morgan fingerprint density at radius 1 is 1.09 bits per heavy atom. The molecule has 13 heteroatoms. The highest BCUT2D eigenvalue weighted by atomic mass is 79.9. The number of rotatable bonds is 4. The van der Waals surface area contributed by atoms with Crippen molar-refractivity contribution < 1.29 is 22.8 Å². The van der Waals surface area contributed by atoms with Crippen LogP contribution in [-0.4, -0.2) is 55.8 Å². The molecule has 3 aromatic carbocycles. The molecule has 3 aliphatic rings. The van der Waals surface area contributed by atoms with E-state index >= 15 is 0 Å². The molecule has 0 bridgehead atoms. The van der Waals surface area contributed by atoms with Gasteiger partial charge < -0.3 is 4.90 Å². The first-order valence-electron chi connectivity index (χ1n) is 14.3. The van der Waals surface area contributed by atoms with Gasteiger partial charge in [0.2, 0.25) is 0 Å². The molecule has 0 spiro atoms. The molecule has 2 amide bonds. The van der Waals surface area contributed by atoms with Gasteiger partial charge in [-0.05, 0) is 67.3 Å².